The van der Waals surface area contributed by atoms with E-state index < -0.39 is 0 Å². The van der Waals surface area contributed by atoms with E-state index in [1.54, 1.807) is 5.57 Å². The zero-order valence-corrected chi connectivity index (χ0v) is 11.5. The van der Waals surface area contributed by atoms with Crippen LogP contribution in [0.25, 0.3) is 0 Å². The van der Waals surface area contributed by atoms with Gasteiger partial charge in [0.15, 0.2) is 0 Å². The van der Waals surface area contributed by atoms with Gasteiger partial charge in [-0.05, 0) is 30.2 Å². The third-order valence-corrected chi connectivity index (χ3v) is 4.69. The van der Waals surface area contributed by atoms with Crippen molar-refractivity contribution in [2.24, 2.45) is 0 Å². The van der Waals surface area contributed by atoms with Crippen LogP contribution in [0.3, 0.4) is 0 Å². The molecule has 0 aliphatic carbocycles. The monoisotopic (exact) mass is 247 g/mol. The van der Waals surface area contributed by atoms with Crippen molar-refractivity contribution in [2.75, 3.05) is 13.6 Å². The molecular formula is C15H21NS. The highest BCUT2D eigenvalue weighted by Gasteiger charge is 2.18. The number of hydrogen-bond acceptors (Lipinski definition) is 2. The number of rotatable bonds is 4. The van der Waals surface area contributed by atoms with Gasteiger partial charge in [0.25, 0.3) is 0 Å². The highest BCUT2D eigenvalue weighted by Crippen LogP contribution is 2.30. The first kappa shape index (κ1) is 12.6. The molecule has 1 aromatic carbocycles. The molecule has 0 fully saturated rings. The largest absolute Gasteiger partial charge is 0.380 e. The van der Waals surface area contributed by atoms with Crippen LogP contribution in [0.15, 0.2) is 42.1 Å². The molecular weight excluding hydrogens is 226 g/mol. The molecule has 0 saturated carbocycles. The van der Waals surface area contributed by atoms with Gasteiger partial charge in [0.2, 0.25) is 0 Å². The van der Waals surface area contributed by atoms with Gasteiger partial charge in [-0.25, -0.2) is 0 Å². The summed E-state index contributed by atoms with van der Waals surface area (Å²) >= 11 is 2.09. The van der Waals surface area contributed by atoms with Gasteiger partial charge in [-0.1, -0.05) is 37.3 Å². The van der Waals surface area contributed by atoms with Crippen LogP contribution < -0.4 is 0 Å². The summed E-state index contributed by atoms with van der Waals surface area (Å²) in [5.74, 6) is 1.13. The van der Waals surface area contributed by atoms with Gasteiger partial charge in [0, 0.05) is 24.6 Å². The Morgan fingerprint density at radius 3 is 2.76 bits per heavy atom. The van der Waals surface area contributed by atoms with Crippen molar-refractivity contribution in [3.8, 4) is 0 Å². The molecule has 1 aliphatic heterocycles. The van der Waals surface area contributed by atoms with Gasteiger partial charge < -0.3 is 4.90 Å². The molecule has 0 bridgehead atoms. The Hall–Kier alpha value is -0.890. The van der Waals surface area contributed by atoms with E-state index in [1.165, 1.54) is 24.9 Å². The van der Waals surface area contributed by atoms with Gasteiger partial charge in [0.05, 0.1) is 0 Å². The average Bonchev–Trinajstić information content (AvgIpc) is 2.38. The average molecular weight is 247 g/mol. The van der Waals surface area contributed by atoms with Crippen LogP contribution in [0.2, 0.25) is 0 Å². The topological polar surface area (TPSA) is 3.24 Å². The van der Waals surface area contributed by atoms with E-state index in [2.05, 4.69) is 67.2 Å². The lowest BCUT2D eigenvalue weighted by atomic mass is 10.1. The fourth-order valence-electron chi connectivity index (χ4n) is 2.22. The number of hydrogen-bond donors (Lipinski definition) is 0. The van der Waals surface area contributed by atoms with E-state index >= 15 is 0 Å². The zero-order chi connectivity index (χ0) is 12.1. The molecule has 1 aromatic rings. The first-order chi connectivity index (χ1) is 8.29. The maximum absolute atomic E-state index is 2.34. The van der Waals surface area contributed by atoms with Crippen molar-refractivity contribution >= 4 is 11.8 Å². The van der Waals surface area contributed by atoms with Gasteiger partial charge in [-0.15, -0.1) is 11.8 Å². The molecule has 1 unspecified atom stereocenters. The SMILES string of the molecule is CCC1=CN(C)CCC1SCc1ccccc1. The van der Waals surface area contributed by atoms with E-state index in [1.807, 2.05) is 0 Å². The Kier molecular flexibility index (Phi) is 4.55. The Morgan fingerprint density at radius 2 is 2.06 bits per heavy atom. The van der Waals surface area contributed by atoms with Crippen LogP contribution in [0, 0.1) is 0 Å². The highest BCUT2D eigenvalue weighted by atomic mass is 32.2. The van der Waals surface area contributed by atoms with Crippen molar-refractivity contribution in [2.45, 2.75) is 30.8 Å². The lowest BCUT2D eigenvalue weighted by Gasteiger charge is -2.29. The summed E-state index contributed by atoms with van der Waals surface area (Å²) in [5, 5.41) is 0.719. The van der Waals surface area contributed by atoms with Gasteiger partial charge in [0.1, 0.15) is 0 Å². The van der Waals surface area contributed by atoms with E-state index in [-0.39, 0.29) is 0 Å². The molecule has 0 spiro atoms. The molecule has 2 rings (SSSR count). The van der Waals surface area contributed by atoms with Crippen LogP contribution in [0.1, 0.15) is 25.3 Å². The molecule has 1 aliphatic rings. The second-order valence-corrected chi connectivity index (χ2v) is 5.80. The summed E-state index contributed by atoms with van der Waals surface area (Å²) < 4.78 is 0. The van der Waals surface area contributed by atoms with Crippen LogP contribution in [-0.2, 0) is 5.75 Å². The number of benzene rings is 1. The lowest BCUT2D eigenvalue weighted by Crippen LogP contribution is -2.25. The quantitative estimate of drug-likeness (QED) is 0.793. The summed E-state index contributed by atoms with van der Waals surface area (Å²) in [5.41, 5.74) is 3.03. The van der Waals surface area contributed by atoms with E-state index in [0.29, 0.717) is 0 Å². The van der Waals surface area contributed by atoms with Crippen molar-refractivity contribution < 1.29 is 0 Å². The minimum Gasteiger partial charge on any atom is -0.380 e. The number of nitrogens with zero attached hydrogens (tertiary/aromatic N) is 1. The first-order valence-electron chi connectivity index (χ1n) is 6.36. The Bertz CT molecular complexity index is 372. The predicted octanol–water partition coefficient (Wildman–Crippen LogP) is 3.92. The minimum atomic E-state index is 0.719. The Labute approximate surface area is 109 Å². The van der Waals surface area contributed by atoms with E-state index in [0.717, 1.165) is 11.0 Å². The smallest absolute Gasteiger partial charge is 0.0293 e. The summed E-state index contributed by atoms with van der Waals surface area (Å²) in [6, 6.07) is 10.8. The van der Waals surface area contributed by atoms with Gasteiger partial charge in [-0.2, -0.15) is 0 Å². The standard InChI is InChI=1S/C15H21NS/c1-3-14-11-16(2)10-9-15(14)17-12-13-7-5-4-6-8-13/h4-8,11,15H,3,9-10,12H2,1-2H3. The Morgan fingerprint density at radius 1 is 1.29 bits per heavy atom. The van der Waals surface area contributed by atoms with Crippen molar-refractivity contribution in [1.29, 1.82) is 0 Å². The van der Waals surface area contributed by atoms with Crippen LogP contribution >= 0.6 is 11.8 Å². The van der Waals surface area contributed by atoms with Crippen molar-refractivity contribution in [1.82, 2.24) is 4.90 Å². The van der Waals surface area contributed by atoms with Crippen LogP contribution in [0.4, 0.5) is 0 Å². The summed E-state index contributed by atoms with van der Waals surface area (Å²) in [7, 11) is 2.17. The first-order valence-corrected chi connectivity index (χ1v) is 7.41. The molecule has 2 heteroatoms. The van der Waals surface area contributed by atoms with E-state index in [4.69, 9.17) is 0 Å². The number of thioether (sulfide) groups is 1. The molecule has 0 saturated heterocycles. The molecule has 1 nitrogen and oxygen atoms in total. The maximum Gasteiger partial charge on any atom is 0.0293 e. The van der Waals surface area contributed by atoms with Gasteiger partial charge >= 0.3 is 0 Å². The highest BCUT2D eigenvalue weighted by molar-refractivity contribution is 7.99. The van der Waals surface area contributed by atoms with E-state index in [9.17, 15) is 0 Å². The normalized spacial score (nSPS) is 20.2. The second-order valence-electron chi connectivity index (χ2n) is 4.61. The summed E-state index contributed by atoms with van der Waals surface area (Å²) in [4.78, 5) is 2.32. The molecule has 0 amide bonds. The molecule has 0 aromatic heterocycles. The molecule has 1 atom stereocenters. The summed E-state index contributed by atoms with van der Waals surface area (Å²) in [6.45, 7) is 3.46. The van der Waals surface area contributed by atoms with Crippen molar-refractivity contribution in [3.05, 3.63) is 47.7 Å². The van der Waals surface area contributed by atoms with Crippen molar-refractivity contribution in [3.63, 3.8) is 0 Å². The lowest BCUT2D eigenvalue weighted by molar-refractivity contribution is 0.416. The molecule has 0 radical (unpaired) electrons. The van der Waals surface area contributed by atoms with Gasteiger partial charge in [-0.3, -0.25) is 0 Å². The molecule has 17 heavy (non-hydrogen) atoms. The second kappa shape index (κ2) is 6.15. The third-order valence-electron chi connectivity index (χ3n) is 3.25. The maximum atomic E-state index is 2.34. The zero-order valence-electron chi connectivity index (χ0n) is 10.7. The Balaban J connectivity index is 1.93. The fourth-order valence-corrected chi connectivity index (χ4v) is 3.52. The molecule has 0 N–H and O–H groups in total. The predicted molar refractivity (Wildman–Crippen MR) is 77.1 cm³/mol. The minimum absolute atomic E-state index is 0.719. The van der Waals surface area contributed by atoms with Crippen LogP contribution in [0.5, 0.6) is 0 Å². The van der Waals surface area contributed by atoms with Crippen LogP contribution in [-0.4, -0.2) is 23.7 Å². The summed E-state index contributed by atoms with van der Waals surface area (Å²) in [6.07, 6.45) is 4.80. The fraction of sp³-hybridized carbons (Fsp3) is 0.467. The third kappa shape index (κ3) is 3.53. The molecule has 92 valence electrons. The molecule has 1 heterocycles.